The SMILES string of the molecule is CC(C)CCNC(=O)c1cnc(NCc2ccccn2)cn1. The van der Waals surface area contributed by atoms with Crippen LogP contribution >= 0.6 is 0 Å². The molecule has 2 aromatic rings. The Balaban J connectivity index is 1.83. The Bertz CT molecular complexity index is 583. The van der Waals surface area contributed by atoms with Crippen LogP contribution in [0.1, 0.15) is 36.5 Å². The van der Waals surface area contributed by atoms with E-state index in [-0.39, 0.29) is 5.91 Å². The molecular formula is C16H21N5O. The molecule has 0 aliphatic heterocycles. The van der Waals surface area contributed by atoms with Gasteiger partial charge in [-0.1, -0.05) is 19.9 Å². The van der Waals surface area contributed by atoms with Gasteiger partial charge in [0.15, 0.2) is 0 Å². The molecule has 0 bridgehead atoms. The molecule has 0 unspecified atom stereocenters. The van der Waals surface area contributed by atoms with Crippen LogP contribution in [0.15, 0.2) is 36.8 Å². The first-order valence-electron chi connectivity index (χ1n) is 7.39. The second-order valence-corrected chi connectivity index (χ2v) is 5.40. The van der Waals surface area contributed by atoms with Crippen LogP contribution in [0.3, 0.4) is 0 Å². The highest BCUT2D eigenvalue weighted by molar-refractivity contribution is 5.91. The molecule has 0 spiro atoms. The van der Waals surface area contributed by atoms with E-state index in [2.05, 4.69) is 39.4 Å². The molecule has 22 heavy (non-hydrogen) atoms. The van der Waals surface area contributed by atoms with Gasteiger partial charge in [-0.2, -0.15) is 0 Å². The number of nitrogens with zero attached hydrogens (tertiary/aromatic N) is 3. The van der Waals surface area contributed by atoms with E-state index in [4.69, 9.17) is 0 Å². The highest BCUT2D eigenvalue weighted by atomic mass is 16.1. The van der Waals surface area contributed by atoms with Crippen LogP contribution in [0.2, 0.25) is 0 Å². The summed E-state index contributed by atoms with van der Waals surface area (Å²) < 4.78 is 0. The van der Waals surface area contributed by atoms with Crippen molar-refractivity contribution >= 4 is 11.7 Å². The van der Waals surface area contributed by atoms with Gasteiger partial charge in [0.2, 0.25) is 0 Å². The molecule has 116 valence electrons. The highest BCUT2D eigenvalue weighted by Crippen LogP contribution is 2.04. The molecular weight excluding hydrogens is 278 g/mol. The van der Waals surface area contributed by atoms with Crippen molar-refractivity contribution in [1.82, 2.24) is 20.3 Å². The Morgan fingerprint density at radius 2 is 2.05 bits per heavy atom. The van der Waals surface area contributed by atoms with Gasteiger partial charge in [-0.3, -0.25) is 9.78 Å². The van der Waals surface area contributed by atoms with Gasteiger partial charge in [-0.05, 0) is 24.5 Å². The van der Waals surface area contributed by atoms with Gasteiger partial charge in [-0.25, -0.2) is 9.97 Å². The maximum atomic E-state index is 11.9. The van der Waals surface area contributed by atoms with Crippen molar-refractivity contribution in [3.8, 4) is 0 Å². The fourth-order valence-corrected chi connectivity index (χ4v) is 1.79. The smallest absolute Gasteiger partial charge is 0.271 e. The van der Waals surface area contributed by atoms with Crippen LogP contribution in [0.25, 0.3) is 0 Å². The van der Waals surface area contributed by atoms with Gasteiger partial charge >= 0.3 is 0 Å². The standard InChI is InChI=1S/C16H21N5O/c1-12(2)6-8-18-16(22)14-10-21-15(11-19-14)20-9-13-5-3-4-7-17-13/h3-5,7,10-12H,6,8-9H2,1-2H3,(H,18,22)(H,20,21). The Kier molecular flexibility index (Phi) is 5.82. The fraction of sp³-hybridized carbons (Fsp3) is 0.375. The number of carbonyl (C=O) groups excluding carboxylic acids is 1. The second-order valence-electron chi connectivity index (χ2n) is 5.40. The summed E-state index contributed by atoms with van der Waals surface area (Å²) in [5.41, 5.74) is 1.24. The van der Waals surface area contributed by atoms with Crippen molar-refractivity contribution in [3.63, 3.8) is 0 Å². The summed E-state index contributed by atoms with van der Waals surface area (Å²) in [6.07, 6.45) is 5.72. The largest absolute Gasteiger partial charge is 0.363 e. The van der Waals surface area contributed by atoms with E-state index < -0.39 is 0 Å². The van der Waals surface area contributed by atoms with E-state index >= 15 is 0 Å². The predicted octanol–water partition coefficient (Wildman–Crippen LogP) is 2.26. The van der Waals surface area contributed by atoms with Crippen molar-refractivity contribution < 1.29 is 4.79 Å². The molecule has 6 heteroatoms. The van der Waals surface area contributed by atoms with Crippen molar-refractivity contribution in [3.05, 3.63) is 48.2 Å². The van der Waals surface area contributed by atoms with Crippen molar-refractivity contribution in [2.24, 2.45) is 5.92 Å². The first-order valence-corrected chi connectivity index (χ1v) is 7.39. The minimum atomic E-state index is -0.190. The van der Waals surface area contributed by atoms with E-state index in [0.29, 0.717) is 30.5 Å². The predicted molar refractivity (Wildman–Crippen MR) is 85.4 cm³/mol. The molecule has 1 amide bonds. The topological polar surface area (TPSA) is 79.8 Å². The minimum Gasteiger partial charge on any atom is -0.363 e. The molecule has 6 nitrogen and oxygen atoms in total. The molecule has 2 aromatic heterocycles. The molecule has 2 N–H and O–H groups in total. The summed E-state index contributed by atoms with van der Waals surface area (Å²) in [5.74, 6) is 0.985. The third-order valence-electron chi connectivity index (χ3n) is 3.07. The molecule has 2 rings (SSSR count). The number of hydrogen-bond donors (Lipinski definition) is 2. The van der Waals surface area contributed by atoms with Gasteiger partial charge in [0.1, 0.15) is 11.5 Å². The average Bonchev–Trinajstić information content (AvgIpc) is 2.54. The van der Waals surface area contributed by atoms with Gasteiger partial charge in [0, 0.05) is 12.7 Å². The molecule has 0 aliphatic rings. The number of rotatable bonds is 7. The third kappa shape index (κ3) is 5.12. The fourth-order valence-electron chi connectivity index (χ4n) is 1.79. The Hall–Kier alpha value is -2.50. The molecule has 2 heterocycles. The number of aromatic nitrogens is 3. The summed E-state index contributed by atoms with van der Waals surface area (Å²) >= 11 is 0. The van der Waals surface area contributed by atoms with Crippen LogP contribution in [-0.2, 0) is 6.54 Å². The molecule has 0 radical (unpaired) electrons. The monoisotopic (exact) mass is 299 g/mol. The number of anilines is 1. The van der Waals surface area contributed by atoms with Crippen LogP contribution in [0, 0.1) is 5.92 Å². The summed E-state index contributed by atoms with van der Waals surface area (Å²) in [6.45, 7) is 5.45. The lowest BCUT2D eigenvalue weighted by Gasteiger charge is -2.07. The molecule has 0 saturated carbocycles. The molecule has 0 atom stereocenters. The summed E-state index contributed by atoms with van der Waals surface area (Å²) in [4.78, 5) is 24.4. The van der Waals surface area contributed by atoms with Crippen LogP contribution in [0.5, 0.6) is 0 Å². The lowest BCUT2D eigenvalue weighted by molar-refractivity contribution is 0.0946. The van der Waals surface area contributed by atoms with Crippen LogP contribution in [-0.4, -0.2) is 27.4 Å². The zero-order valence-electron chi connectivity index (χ0n) is 12.9. The normalized spacial score (nSPS) is 10.5. The number of pyridine rings is 1. The van der Waals surface area contributed by atoms with Crippen LogP contribution in [0.4, 0.5) is 5.82 Å². The summed E-state index contributed by atoms with van der Waals surface area (Å²) in [6, 6.07) is 5.73. The van der Waals surface area contributed by atoms with Gasteiger partial charge in [-0.15, -0.1) is 0 Å². The second kappa shape index (κ2) is 8.07. The van der Waals surface area contributed by atoms with Crippen molar-refractivity contribution in [1.29, 1.82) is 0 Å². The first-order chi connectivity index (χ1) is 10.6. The van der Waals surface area contributed by atoms with E-state index in [9.17, 15) is 4.79 Å². The van der Waals surface area contributed by atoms with E-state index in [1.165, 1.54) is 6.20 Å². The van der Waals surface area contributed by atoms with Crippen molar-refractivity contribution in [2.75, 3.05) is 11.9 Å². The number of amides is 1. The van der Waals surface area contributed by atoms with Gasteiger partial charge in [0.05, 0.1) is 24.6 Å². The zero-order valence-corrected chi connectivity index (χ0v) is 12.9. The van der Waals surface area contributed by atoms with Gasteiger partial charge < -0.3 is 10.6 Å². The summed E-state index contributed by atoms with van der Waals surface area (Å²) in [7, 11) is 0. The quantitative estimate of drug-likeness (QED) is 0.819. The molecule has 0 fully saturated rings. The minimum absolute atomic E-state index is 0.190. The van der Waals surface area contributed by atoms with E-state index in [1.807, 2.05) is 18.2 Å². The molecule has 0 aromatic carbocycles. The maximum Gasteiger partial charge on any atom is 0.271 e. The van der Waals surface area contributed by atoms with Crippen LogP contribution < -0.4 is 10.6 Å². The van der Waals surface area contributed by atoms with Gasteiger partial charge in [0.25, 0.3) is 5.91 Å². The lowest BCUT2D eigenvalue weighted by Crippen LogP contribution is -2.26. The molecule has 0 saturated heterocycles. The lowest BCUT2D eigenvalue weighted by atomic mass is 10.1. The van der Waals surface area contributed by atoms with E-state index in [1.54, 1.807) is 12.4 Å². The first kappa shape index (κ1) is 15.9. The number of nitrogens with one attached hydrogen (secondary N) is 2. The molecule has 0 aliphatic carbocycles. The number of carbonyl (C=O) groups is 1. The van der Waals surface area contributed by atoms with E-state index in [0.717, 1.165) is 12.1 Å². The summed E-state index contributed by atoms with van der Waals surface area (Å²) in [5, 5.41) is 5.95. The Labute approximate surface area is 130 Å². The third-order valence-corrected chi connectivity index (χ3v) is 3.07. The van der Waals surface area contributed by atoms with Crippen molar-refractivity contribution in [2.45, 2.75) is 26.8 Å². The number of hydrogen-bond acceptors (Lipinski definition) is 5. The Morgan fingerprint density at radius 1 is 1.18 bits per heavy atom. The zero-order chi connectivity index (χ0) is 15.8. The average molecular weight is 299 g/mol. The highest BCUT2D eigenvalue weighted by Gasteiger charge is 2.07. The Morgan fingerprint density at radius 3 is 2.68 bits per heavy atom. The maximum absolute atomic E-state index is 11.9.